The van der Waals surface area contributed by atoms with E-state index in [4.69, 9.17) is 0 Å². The number of rotatable bonds is 10. The van der Waals surface area contributed by atoms with Gasteiger partial charge in [0.15, 0.2) is 0 Å². The van der Waals surface area contributed by atoms with Crippen LogP contribution in [0.5, 0.6) is 0 Å². The van der Waals surface area contributed by atoms with Crippen LogP contribution >= 0.6 is 0 Å². The molecule has 572 valence electrons. The SMILES string of the molecule is C=CC1(C)C2CC3CC(C2)C(CO)C1C3.C=CC1(C)C2CC3CC(C2)CC1C3.C=CC1(C)C2CC3CC1CC(O)(C3)C2.C=CC1(C)CC2CCC1C2.C=CC1(C)CC2CCCC2C1.C=CC1(C)CCCC1.C=CC1(C)CCCCC1.C=CC1(C)CCCCCC1.C=CC1(C)CCCCCCC1. The number of aliphatic hydroxyl groups is 2. The summed E-state index contributed by atoms with van der Waals surface area (Å²) in [6.07, 6.45) is 82.4. The molecule has 0 saturated heterocycles. The van der Waals surface area contributed by atoms with Crippen LogP contribution in [0.25, 0.3) is 0 Å². The minimum absolute atomic E-state index is 0.293. The van der Waals surface area contributed by atoms with Crippen LogP contribution in [-0.4, -0.2) is 22.4 Å². The molecule has 13 atom stereocenters. The van der Waals surface area contributed by atoms with Crippen molar-refractivity contribution in [1.82, 2.24) is 0 Å². The van der Waals surface area contributed by atoms with E-state index in [0.717, 1.165) is 96.2 Å². The molecule has 20 fully saturated rings. The molecule has 20 aliphatic rings. The third-order valence-electron chi connectivity index (χ3n) is 34.5. The zero-order chi connectivity index (χ0) is 73.1. The summed E-state index contributed by atoms with van der Waals surface area (Å²) in [7, 11) is 0. The van der Waals surface area contributed by atoms with E-state index in [2.05, 4.69) is 176 Å². The highest BCUT2D eigenvalue weighted by molar-refractivity contribution is 5.17. The van der Waals surface area contributed by atoms with Crippen LogP contribution in [0.15, 0.2) is 114 Å². The summed E-state index contributed by atoms with van der Waals surface area (Å²) in [5.74, 6) is 14.5. The Morgan fingerprint density at radius 1 is 0.277 bits per heavy atom. The lowest BCUT2D eigenvalue weighted by molar-refractivity contribution is -0.170. The largest absolute Gasteiger partial charge is 0.396 e. The fourth-order valence-electron chi connectivity index (χ4n) is 26.7. The number of allylic oxidation sites excluding steroid dienone is 9. The number of fused-ring (bicyclic) bond motifs is 3. The standard InChI is InChI=1S/C14H22O.C13H20O.C13H20.C11H18.C11H20.C10H16.C10H18.C9H16.C8H14/c1-3-14(2)11-5-9-4-10(7-11)12(8-15)13(14)6-9;1-3-12(2)10-4-9-5-11(12)8-13(14,6-9)7-10;1-3-13(2)11-5-9-4-10(7-11)8-12(13)6-9;1-3-11(2)7-9-5-4-6-10(9)8-11;1-3-11(2)9-7-5-4-6-8-10-11;1-3-10(2)7-8-4-5-9(10)6-8;1-3-10(2)8-6-4-5-7-9-10;1-3-9(2)7-5-4-6-8-9;1-3-8(2)6-4-5-7-8/h3,9-13,15H,1,4-8H2,2H3;3,9-11,14H,1,4-8H2,2H3;3,9-12H,1,4-8H2,2H3;3,9-10H,1,4-8H2,2H3;3H,1,4-10H2,2H3;3,8-9H,1,4-7H2,2H3;3H,1,4-9H2,2H3;3H,1,4-8H2,2H3;3H,1,4-7H2,2H3. The van der Waals surface area contributed by atoms with Gasteiger partial charge >= 0.3 is 0 Å². The first-order valence-corrected chi connectivity index (χ1v) is 44.1. The van der Waals surface area contributed by atoms with E-state index >= 15 is 0 Å². The molecular formula is C99H164O2. The third-order valence-corrected chi connectivity index (χ3v) is 34.5. The first-order chi connectivity index (χ1) is 48.0. The highest BCUT2D eigenvalue weighted by Crippen LogP contribution is 2.67. The minimum Gasteiger partial charge on any atom is -0.396 e. The lowest BCUT2D eigenvalue weighted by Gasteiger charge is -2.62. The smallest absolute Gasteiger partial charge is 0.0656 e. The van der Waals surface area contributed by atoms with Gasteiger partial charge in [0, 0.05) is 6.61 Å². The molecule has 0 spiro atoms. The lowest BCUT2D eigenvalue weighted by atomic mass is 9.43. The Bertz CT molecular complexity index is 2600. The fourth-order valence-corrected chi connectivity index (χ4v) is 26.7. The Labute approximate surface area is 627 Å². The summed E-state index contributed by atoms with van der Waals surface area (Å²) in [4.78, 5) is 0. The molecule has 13 unspecified atom stereocenters. The van der Waals surface area contributed by atoms with Crippen molar-refractivity contribution in [2.45, 2.75) is 357 Å². The Hall–Kier alpha value is -2.42. The van der Waals surface area contributed by atoms with Crippen molar-refractivity contribution in [3.8, 4) is 0 Å². The van der Waals surface area contributed by atoms with Gasteiger partial charge in [-0.15, -0.1) is 59.2 Å². The molecule has 101 heavy (non-hydrogen) atoms. The predicted octanol–water partition coefficient (Wildman–Crippen LogP) is 29.0. The van der Waals surface area contributed by atoms with E-state index in [1.54, 1.807) is 6.42 Å². The fraction of sp³-hybridized carbons (Fsp3) is 0.818. The van der Waals surface area contributed by atoms with Gasteiger partial charge in [0.1, 0.15) is 0 Å². The summed E-state index contributed by atoms with van der Waals surface area (Å²) in [6, 6.07) is 0. The summed E-state index contributed by atoms with van der Waals surface area (Å²) in [5, 5.41) is 20.0. The third kappa shape index (κ3) is 19.9. The van der Waals surface area contributed by atoms with E-state index < -0.39 is 0 Å². The van der Waals surface area contributed by atoms with Gasteiger partial charge in [-0.2, -0.15) is 0 Å². The van der Waals surface area contributed by atoms with Crippen LogP contribution in [0.4, 0.5) is 0 Å². The number of hydrogen-bond donors (Lipinski definition) is 2. The molecule has 20 rings (SSSR count). The van der Waals surface area contributed by atoms with Crippen molar-refractivity contribution < 1.29 is 10.2 Å². The molecule has 2 N–H and O–H groups in total. The van der Waals surface area contributed by atoms with Crippen LogP contribution < -0.4 is 0 Å². The quantitative estimate of drug-likeness (QED) is 0.169. The molecule has 0 aromatic heterocycles. The second-order valence-electron chi connectivity index (χ2n) is 41.7. The molecule has 2 heteroatoms. The Morgan fingerprint density at radius 2 is 0.634 bits per heavy atom. The van der Waals surface area contributed by atoms with E-state index in [1.165, 1.54) is 263 Å². The summed E-state index contributed by atoms with van der Waals surface area (Å²) in [5.41, 5.74) is 3.78. The van der Waals surface area contributed by atoms with Crippen molar-refractivity contribution in [3.05, 3.63) is 114 Å². The van der Waals surface area contributed by atoms with Gasteiger partial charge in [-0.25, -0.2) is 0 Å². The first-order valence-electron chi connectivity index (χ1n) is 44.1. The van der Waals surface area contributed by atoms with E-state index in [0.29, 0.717) is 73.1 Å². The maximum Gasteiger partial charge on any atom is 0.0656 e. The predicted molar refractivity (Wildman–Crippen MR) is 440 cm³/mol. The van der Waals surface area contributed by atoms with Gasteiger partial charge in [-0.3, -0.25) is 0 Å². The second-order valence-corrected chi connectivity index (χ2v) is 41.7. The summed E-state index contributed by atoms with van der Waals surface area (Å²) >= 11 is 0. The molecule has 0 radical (unpaired) electrons. The first kappa shape index (κ1) is 82.6. The van der Waals surface area contributed by atoms with Crippen molar-refractivity contribution in [2.24, 2.45) is 143 Å². The topological polar surface area (TPSA) is 40.5 Å². The zero-order valence-electron chi connectivity index (χ0n) is 68.2. The van der Waals surface area contributed by atoms with Crippen molar-refractivity contribution in [2.75, 3.05) is 6.61 Å². The normalized spacial score (nSPS) is 44.3. The van der Waals surface area contributed by atoms with Crippen LogP contribution in [0.3, 0.4) is 0 Å². The molecule has 0 amide bonds. The highest BCUT2D eigenvalue weighted by atomic mass is 16.3. The molecule has 2 nitrogen and oxygen atoms in total. The van der Waals surface area contributed by atoms with E-state index in [-0.39, 0.29) is 5.60 Å². The van der Waals surface area contributed by atoms with Crippen LogP contribution in [-0.2, 0) is 0 Å². The van der Waals surface area contributed by atoms with Crippen LogP contribution in [0, 0.1) is 143 Å². The molecule has 0 heterocycles. The molecule has 20 saturated carbocycles. The molecule has 0 aromatic carbocycles. The average molecular weight is 1390 g/mol. The van der Waals surface area contributed by atoms with Crippen molar-refractivity contribution >= 4 is 0 Å². The van der Waals surface area contributed by atoms with Crippen molar-refractivity contribution in [1.29, 1.82) is 0 Å². The second kappa shape index (κ2) is 35.3. The molecular weight excluding hydrogens is 1220 g/mol. The van der Waals surface area contributed by atoms with Crippen molar-refractivity contribution in [3.63, 3.8) is 0 Å². The number of aliphatic hydroxyl groups excluding tert-OH is 1. The molecule has 0 aromatic rings. The molecule has 0 aliphatic heterocycles. The van der Waals surface area contributed by atoms with Gasteiger partial charge in [0.25, 0.3) is 0 Å². The van der Waals surface area contributed by atoms with Gasteiger partial charge < -0.3 is 10.2 Å². The van der Waals surface area contributed by atoms with Gasteiger partial charge in [-0.1, -0.05) is 233 Å². The average Bonchev–Trinajstić information content (AvgIpc) is 1.43. The zero-order valence-corrected chi connectivity index (χ0v) is 68.2. The maximum atomic E-state index is 10.4. The Morgan fingerprint density at radius 3 is 0.980 bits per heavy atom. The lowest BCUT2D eigenvalue weighted by Crippen LogP contribution is -2.58. The monoisotopic (exact) mass is 1390 g/mol. The van der Waals surface area contributed by atoms with Crippen LogP contribution in [0.2, 0.25) is 0 Å². The Kier molecular flexibility index (Phi) is 28.9. The van der Waals surface area contributed by atoms with Gasteiger partial charge in [0.2, 0.25) is 0 Å². The maximum absolute atomic E-state index is 10.4. The minimum atomic E-state index is -0.293. The summed E-state index contributed by atoms with van der Waals surface area (Å²) < 4.78 is 0. The Balaban J connectivity index is 0.000000133. The summed E-state index contributed by atoms with van der Waals surface area (Å²) in [6.45, 7) is 57.2. The van der Waals surface area contributed by atoms with E-state index in [9.17, 15) is 10.2 Å². The van der Waals surface area contributed by atoms with Crippen LogP contribution in [0.1, 0.15) is 351 Å². The highest BCUT2D eigenvalue weighted by Gasteiger charge is 2.60. The van der Waals surface area contributed by atoms with Gasteiger partial charge in [0.05, 0.1) is 5.60 Å². The molecule has 20 aliphatic carbocycles. The van der Waals surface area contributed by atoms with E-state index in [1.807, 2.05) is 0 Å². The number of hydrogen-bond acceptors (Lipinski definition) is 2. The van der Waals surface area contributed by atoms with Gasteiger partial charge in [-0.05, 0) is 317 Å². The molecule has 14 bridgehead atoms.